The van der Waals surface area contributed by atoms with Crippen molar-refractivity contribution >= 4 is 16.9 Å². The molecule has 0 aliphatic rings. The average molecular weight is 333 g/mol. The maximum absolute atomic E-state index is 11.4. The van der Waals surface area contributed by atoms with Crippen molar-refractivity contribution in [2.45, 2.75) is 26.8 Å². The first kappa shape index (κ1) is 17.0. The lowest BCUT2D eigenvalue weighted by atomic mass is 10.1. The van der Waals surface area contributed by atoms with E-state index in [4.69, 9.17) is 4.98 Å². The molecule has 128 valence electrons. The van der Waals surface area contributed by atoms with Gasteiger partial charge in [0, 0.05) is 19.5 Å². The monoisotopic (exact) mass is 333 g/mol. The predicted molar refractivity (Wildman–Crippen MR) is 102 cm³/mol. The van der Waals surface area contributed by atoms with E-state index in [0.717, 1.165) is 23.4 Å². The number of carbonyl (C=O) groups is 1. The van der Waals surface area contributed by atoms with Gasteiger partial charge in [0.25, 0.3) is 0 Å². The fraction of sp³-hybridized carbons (Fsp3) is 0.238. The van der Waals surface area contributed by atoms with Gasteiger partial charge in [-0.1, -0.05) is 42.5 Å². The second kappa shape index (κ2) is 7.34. The molecule has 25 heavy (non-hydrogen) atoms. The Kier molecular flexibility index (Phi) is 4.98. The number of nitrogens with one attached hydrogen (secondary N) is 1. The van der Waals surface area contributed by atoms with Gasteiger partial charge in [-0.25, -0.2) is 4.98 Å². The molecule has 4 heteroatoms. The molecule has 0 fully saturated rings. The third-order valence-electron chi connectivity index (χ3n) is 4.40. The van der Waals surface area contributed by atoms with Gasteiger partial charge < -0.3 is 9.88 Å². The zero-order chi connectivity index (χ0) is 17.8. The molecule has 0 bridgehead atoms. The van der Waals surface area contributed by atoms with Gasteiger partial charge in [-0.2, -0.15) is 0 Å². The molecule has 1 heterocycles. The molecule has 0 saturated carbocycles. The third kappa shape index (κ3) is 3.79. The Bertz CT molecular complexity index is 924. The van der Waals surface area contributed by atoms with E-state index < -0.39 is 0 Å². The van der Waals surface area contributed by atoms with Crippen LogP contribution in [0, 0.1) is 13.8 Å². The summed E-state index contributed by atoms with van der Waals surface area (Å²) in [6.07, 6.45) is 1.97. The summed E-state index contributed by atoms with van der Waals surface area (Å²) in [5.41, 5.74) is 5.92. The third-order valence-corrected chi connectivity index (χ3v) is 4.40. The van der Waals surface area contributed by atoms with Gasteiger partial charge in [0.2, 0.25) is 5.91 Å². The van der Waals surface area contributed by atoms with Crippen molar-refractivity contribution in [3.8, 4) is 0 Å². The van der Waals surface area contributed by atoms with Crippen LogP contribution in [0.25, 0.3) is 11.0 Å². The number of carbonyl (C=O) groups excluding carboxylic acids is 1. The van der Waals surface area contributed by atoms with E-state index >= 15 is 0 Å². The van der Waals surface area contributed by atoms with Crippen LogP contribution in [0.15, 0.2) is 55.1 Å². The van der Waals surface area contributed by atoms with E-state index in [-0.39, 0.29) is 5.91 Å². The summed E-state index contributed by atoms with van der Waals surface area (Å²) in [4.78, 5) is 16.1. The van der Waals surface area contributed by atoms with Crippen LogP contribution >= 0.6 is 0 Å². The highest BCUT2D eigenvalue weighted by Gasteiger charge is 2.12. The average Bonchev–Trinajstić information content (AvgIpc) is 2.95. The second-order valence-electron chi connectivity index (χ2n) is 6.28. The van der Waals surface area contributed by atoms with Crippen molar-refractivity contribution < 1.29 is 4.79 Å². The molecule has 4 nitrogen and oxygen atoms in total. The molecule has 2 aromatic carbocycles. The fourth-order valence-corrected chi connectivity index (χ4v) is 3.00. The number of fused-ring (bicyclic) bond motifs is 1. The van der Waals surface area contributed by atoms with E-state index in [2.05, 4.69) is 54.6 Å². The smallest absolute Gasteiger partial charge is 0.243 e. The van der Waals surface area contributed by atoms with Crippen LogP contribution in [0.1, 0.15) is 22.5 Å². The number of amides is 1. The summed E-state index contributed by atoms with van der Waals surface area (Å²) >= 11 is 0. The minimum atomic E-state index is -0.155. The van der Waals surface area contributed by atoms with Crippen LogP contribution in [0.2, 0.25) is 0 Å². The zero-order valence-corrected chi connectivity index (χ0v) is 14.7. The molecule has 0 unspecified atom stereocenters. The Balaban J connectivity index is 1.94. The standard InChI is InChI=1S/C21H23N3O/c1-4-21(25)22-12-11-20-23-18-7-5-6-8-19(18)24(20)14-17-13-15(2)9-10-16(17)3/h4-10,13H,1,11-12,14H2,2-3H3,(H,22,25). The van der Waals surface area contributed by atoms with Gasteiger partial charge in [0.15, 0.2) is 0 Å². The highest BCUT2D eigenvalue weighted by Crippen LogP contribution is 2.20. The van der Waals surface area contributed by atoms with Crippen molar-refractivity contribution in [2.24, 2.45) is 0 Å². The predicted octanol–water partition coefficient (Wildman–Crippen LogP) is 3.55. The van der Waals surface area contributed by atoms with Crippen molar-refractivity contribution in [3.05, 3.63) is 77.6 Å². The molecule has 0 aliphatic heterocycles. The summed E-state index contributed by atoms with van der Waals surface area (Å²) in [6.45, 7) is 9.05. The van der Waals surface area contributed by atoms with Gasteiger partial charge in [-0.3, -0.25) is 4.79 Å². The maximum atomic E-state index is 11.4. The zero-order valence-electron chi connectivity index (χ0n) is 14.7. The van der Waals surface area contributed by atoms with Crippen LogP contribution in [0.4, 0.5) is 0 Å². The molecule has 1 N–H and O–H groups in total. The number of hydrogen-bond donors (Lipinski definition) is 1. The molecule has 3 aromatic rings. The Morgan fingerprint density at radius 1 is 1.24 bits per heavy atom. The highest BCUT2D eigenvalue weighted by molar-refractivity contribution is 5.86. The second-order valence-corrected chi connectivity index (χ2v) is 6.28. The van der Waals surface area contributed by atoms with Crippen LogP contribution in [0.5, 0.6) is 0 Å². The highest BCUT2D eigenvalue weighted by atomic mass is 16.1. The number of aromatic nitrogens is 2. The number of imidazole rings is 1. The first-order valence-electron chi connectivity index (χ1n) is 8.49. The molecule has 0 spiro atoms. The summed E-state index contributed by atoms with van der Waals surface area (Å²) in [6, 6.07) is 14.7. The van der Waals surface area contributed by atoms with Crippen LogP contribution in [-0.2, 0) is 17.8 Å². The first-order chi connectivity index (χ1) is 12.1. The van der Waals surface area contributed by atoms with Crippen LogP contribution in [0.3, 0.4) is 0 Å². The van der Waals surface area contributed by atoms with Crippen molar-refractivity contribution in [2.75, 3.05) is 6.54 Å². The molecule has 1 aromatic heterocycles. The quantitative estimate of drug-likeness (QED) is 0.701. The first-order valence-corrected chi connectivity index (χ1v) is 8.49. The molecule has 3 rings (SSSR count). The minimum Gasteiger partial charge on any atom is -0.352 e. The molecular formula is C21H23N3O. The van der Waals surface area contributed by atoms with E-state index in [1.807, 2.05) is 18.2 Å². The number of aryl methyl sites for hydroxylation is 2. The van der Waals surface area contributed by atoms with E-state index in [1.54, 1.807) is 0 Å². The Labute approximate surface area is 148 Å². The van der Waals surface area contributed by atoms with Crippen LogP contribution in [-0.4, -0.2) is 22.0 Å². The fourth-order valence-electron chi connectivity index (χ4n) is 3.00. The topological polar surface area (TPSA) is 46.9 Å². The van der Waals surface area contributed by atoms with Gasteiger partial charge in [-0.15, -0.1) is 0 Å². The van der Waals surface area contributed by atoms with Gasteiger partial charge >= 0.3 is 0 Å². The van der Waals surface area contributed by atoms with Crippen LogP contribution < -0.4 is 5.32 Å². The molecule has 0 saturated heterocycles. The van der Waals surface area contributed by atoms with E-state index in [1.165, 1.54) is 22.8 Å². The van der Waals surface area contributed by atoms with Crippen molar-refractivity contribution in [1.82, 2.24) is 14.9 Å². The van der Waals surface area contributed by atoms with Crippen molar-refractivity contribution in [1.29, 1.82) is 0 Å². The molecule has 0 atom stereocenters. The summed E-state index contributed by atoms with van der Waals surface area (Å²) in [5, 5.41) is 2.83. The number of nitrogens with zero attached hydrogens (tertiary/aromatic N) is 2. The largest absolute Gasteiger partial charge is 0.352 e. The number of hydrogen-bond acceptors (Lipinski definition) is 2. The summed E-state index contributed by atoms with van der Waals surface area (Å²) in [5.74, 6) is 0.823. The number of benzene rings is 2. The molecular weight excluding hydrogens is 310 g/mol. The van der Waals surface area contributed by atoms with Crippen molar-refractivity contribution in [3.63, 3.8) is 0 Å². The summed E-state index contributed by atoms with van der Waals surface area (Å²) < 4.78 is 2.25. The normalized spacial score (nSPS) is 10.8. The molecule has 0 aliphatic carbocycles. The summed E-state index contributed by atoms with van der Waals surface area (Å²) in [7, 11) is 0. The minimum absolute atomic E-state index is 0.155. The molecule has 1 amide bonds. The van der Waals surface area contributed by atoms with E-state index in [9.17, 15) is 4.79 Å². The SMILES string of the molecule is C=CC(=O)NCCc1nc2ccccc2n1Cc1cc(C)ccc1C. The maximum Gasteiger partial charge on any atom is 0.243 e. The molecule has 0 radical (unpaired) electrons. The Morgan fingerprint density at radius 3 is 2.84 bits per heavy atom. The lowest BCUT2D eigenvalue weighted by Crippen LogP contribution is -2.24. The van der Waals surface area contributed by atoms with Gasteiger partial charge in [-0.05, 0) is 43.2 Å². The number of rotatable bonds is 6. The Hall–Kier alpha value is -2.88. The Morgan fingerprint density at radius 2 is 2.04 bits per heavy atom. The van der Waals surface area contributed by atoms with Gasteiger partial charge in [0.05, 0.1) is 11.0 Å². The number of para-hydroxylation sites is 2. The lowest BCUT2D eigenvalue weighted by molar-refractivity contribution is -0.116. The van der Waals surface area contributed by atoms with Gasteiger partial charge in [0.1, 0.15) is 5.82 Å². The lowest BCUT2D eigenvalue weighted by Gasteiger charge is -2.12. The van der Waals surface area contributed by atoms with E-state index in [0.29, 0.717) is 13.0 Å².